The summed E-state index contributed by atoms with van der Waals surface area (Å²) in [4.78, 5) is 40.1. The second kappa shape index (κ2) is 15.0. The van der Waals surface area contributed by atoms with Gasteiger partial charge in [0.15, 0.2) is 0 Å². The first kappa shape index (κ1) is 35.5. The summed E-state index contributed by atoms with van der Waals surface area (Å²) in [5.74, 6) is -5.51. The first-order valence-corrected chi connectivity index (χ1v) is 15.0. The number of allylic oxidation sites excluding steroid dienone is 2. The first-order chi connectivity index (χ1) is 22.3. The highest BCUT2D eigenvalue weighted by Crippen LogP contribution is 2.38. The Kier molecular flexibility index (Phi) is 11.4. The van der Waals surface area contributed by atoms with Gasteiger partial charge in [0.05, 0.1) is 37.2 Å². The van der Waals surface area contributed by atoms with E-state index >= 15 is 8.78 Å². The second-order valence-electron chi connectivity index (χ2n) is 11.0. The maximum Gasteiger partial charge on any atom is 0.416 e. The van der Waals surface area contributed by atoms with Crippen LogP contribution in [0.1, 0.15) is 59.7 Å². The number of rotatable bonds is 13. The number of benzene rings is 2. The molecule has 0 aliphatic heterocycles. The summed E-state index contributed by atoms with van der Waals surface area (Å²) < 4.78 is 84.8. The lowest BCUT2D eigenvalue weighted by Crippen LogP contribution is -2.48. The second-order valence-corrected chi connectivity index (χ2v) is 11.0. The largest absolute Gasteiger partial charge is 0.466 e. The molecule has 4 rings (SSSR count). The van der Waals surface area contributed by atoms with Crippen molar-refractivity contribution in [3.05, 3.63) is 127 Å². The van der Waals surface area contributed by atoms with Gasteiger partial charge in [-0.2, -0.15) is 13.2 Å². The van der Waals surface area contributed by atoms with Crippen LogP contribution in [0.25, 0.3) is 0 Å². The molecule has 1 aromatic heterocycles. The van der Waals surface area contributed by atoms with E-state index in [9.17, 15) is 27.6 Å². The van der Waals surface area contributed by atoms with Gasteiger partial charge in [0.1, 0.15) is 5.82 Å². The van der Waals surface area contributed by atoms with Crippen LogP contribution in [0, 0.1) is 12.7 Å². The molecule has 1 N–H and O–H groups in total. The van der Waals surface area contributed by atoms with E-state index < -0.39 is 58.7 Å². The van der Waals surface area contributed by atoms with Crippen molar-refractivity contribution in [3.63, 3.8) is 0 Å². The molecule has 0 bridgehead atoms. The molecule has 8 nitrogen and oxygen atoms in total. The van der Waals surface area contributed by atoms with E-state index in [1.54, 1.807) is 37.3 Å². The number of halogens is 5. The van der Waals surface area contributed by atoms with Crippen LogP contribution in [0.15, 0.2) is 82.4 Å². The molecule has 1 aliphatic carbocycles. The molecule has 0 amide bonds. The summed E-state index contributed by atoms with van der Waals surface area (Å²) in [5, 5.41) is 3.24. The summed E-state index contributed by atoms with van der Waals surface area (Å²) in [6.45, 7) is 2.30. The third-order valence-electron chi connectivity index (χ3n) is 8.08. The lowest BCUT2D eigenvalue weighted by atomic mass is 9.87. The van der Waals surface area contributed by atoms with Crippen LogP contribution in [-0.4, -0.2) is 41.2 Å². The quantitative estimate of drug-likeness (QED) is 0.143. The van der Waals surface area contributed by atoms with Crippen molar-refractivity contribution >= 4 is 5.97 Å². The number of alkyl halides is 4. The molecular weight excluding hydrogens is 625 g/mol. The predicted octanol–water partition coefficient (Wildman–Crippen LogP) is 5.72. The van der Waals surface area contributed by atoms with Gasteiger partial charge in [-0.15, -0.1) is 0 Å². The van der Waals surface area contributed by atoms with Gasteiger partial charge in [-0.25, -0.2) is 13.6 Å². The summed E-state index contributed by atoms with van der Waals surface area (Å²) in [5.41, 5.74) is -3.72. The number of carbonyl (C=O) groups is 1. The van der Waals surface area contributed by atoms with Crippen LogP contribution < -0.4 is 16.6 Å². The van der Waals surface area contributed by atoms with Crippen molar-refractivity contribution in [3.8, 4) is 0 Å². The van der Waals surface area contributed by atoms with Crippen LogP contribution in [0.4, 0.5) is 22.0 Å². The molecule has 13 heteroatoms. The van der Waals surface area contributed by atoms with Crippen LogP contribution in [-0.2, 0) is 33.5 Å². The maximum absolute atomic E-state index is 16.1. The lowest BCUT2D eigenvalue weighted by molar-refractivity contribution is -0.143. The highest BCUT2D eigenvalue weighted by atomic mass is 19.4. The van der Waals surface area contributed by atoms with Crippen molar-refractivity contribution in [2.45, 2.75) is 63.8 Å². The fourth-order valence-corrected chi connectivity index (χ4v) is 5.65. The molecule has 0 fully saturated rings. The van der Waals surface area contributed by atoms with Gasteiger partial charge < -0.3 is 14.8 Å². The summed E-state index contributed by atoms with van der Waals surface area (Å²) in [7, 11) is 1.10. The number of methoxy groups -OCH3 is 1. The van der Waals surface area contributed by atoms with E-state index in [-0.39, 0.29) is 43.3 Å². The Labute approximate surface area is 268 Å². The molecule has 0 radical (unpaired) electrons. The first-order valence-electron chi connectivity index (χ1n) is 15.0. The summed E-state index contributed by atoms with van der Waals surface area (Å²) in [6, 6.07) is 10.5. The van der Waals surface area contributed by atoms with Crippen molar-refractivity contribution in [1.82, 2.24) is 14.5 Å². The van der Waals surface area contributed by atoms with E-state index in [0.29, 0.717) is 18.1 Å². The number of nitrogens with zero attached hydrogens (tertiary/aromatic N) is 2. The number of nitrogens with one attached hydrogen (secondary N) is 1. The highest BCUT2D eigenvalue weighted by Gasteiger charge is 2.42. The van der Waals surface area contributed by atoms with Crippen molar-refractivity contribution < 1.29 is 36.2 Å². The molecule has 1 aliphatic rings. The average Bonchev–Trinajstić information content (AvgIpc) is 3.04. The number of hydrogen-bond donors (Lipinski definition) is 1. The van der Waals surface area contributed by atoms with E-state index in [4.69, 9.17) is 9.47 Å². The Morgan fingerprint density at radius 1 is 1.06 bits per heavy atom. The molecule has 252 valence electrons. The Balaban J connectivity index is 1.88. The van der Waals surface area contributed by atoms with Crippen molar-refractivity contribution in [1.29, 1.82) is 0 Å². The lowest BCUT2D eigenvalue weighted by Gasteiger charge is -2.32. The SMILES string of the molecule is CCOC(=O)CCCN[C@@H](Cn1c(=O)c(C2C=CC=CC2(F)OC)c(C)n(Cc2c(F)cccc2C(F)(F)F)c1=O)c1ccccc1. The topological polar surface area (TPSA) is 91.6 Å². The predicted molar refractivity (Wildman–Crippen MR) is 165 cm³/mol. The van der Waals surface area contributed by atoms with Crippen LogP contribution in [0.2, 0.25) is 0 Å². The maximum atomic E-state index is 16.1. The number of esters is 1. The summed E-state index contributed by atoms with van der Waals surface area (Å²) in [6.07, 6.45) is 0.850. The van der Waals surface area contributed by atoms with E-state index in [0.717, 1.165) is 34.5 Å². The van der Waals surface area contributed by atoms with Gasteiger partial charge in [0.2, 0.25) is 5.85 Å². The van der Waals surface area contributed by atoms with Gasteiger partial charge in [-0.1, -0.05) is 54.6 Å². The number of carbonyl (C=O) groups excluding carboxylic acids is 1. The van der Waals surface area contributed by atoms with Crippen LogP contribution >= 0.6 is 0 Å². The summed E-state index contributed by atoms with van der Waals surface area (Å²) >= 11 is 0. The fraction of sp³-hybridized carbons (Fsp3) is 0.382. The molecule has 0 saturated carbocycles. The Hall–Kier alpha value is -4.36. The van der Waals surface area contributed by atoms with Gasteiger partial charge in [0.25, 0.3) is 5.56 Å². The zero-order valence-corrected chi connectivity index (χ0v) is 26.2. The normalized spacial score (nSPS) is 18.3. The van der Waals surface area contributed by atoms with Gasteiger partial charge in [0, 0.05) is 30.4 Å². The minimum absolute atomic E-state index is 0.116. The van der Waals surface area contributed by atoms with Gasteiger partial charge >= 0.3 is 17.8 Å². The Morgan fingerprint density at radius 3 is 2.45 bits per heavy atom. The van der Waals surface area contributed by atoms with E-state index in [1.165, 1.54) is 25.2 Å². The molecule has 47 heavy (non-hydrogen) atoms. The number of ether oxygens (including phenoxy) is 2. The minimum atomic E-state index is -4.95. The molecule has 2 aromatic carbocycles. The van der Waals surface area contributed by atoms with Gasteiger partial charge in [-0.3, -0.25) is 18.7 Å². The molecule has 3 aromatic rings. The van der Waals surface area contributed by atoms with E-state index in [2.05, 4.69) is 5.32 Å². The zero-order chi connectivity index (χ0) is 34.4. The third-order valence-corrected chi connectivity index (χ3v) is 8.08. The number of aromatic nitrogens is 2. The molecule has 3 atom stereocenters. The Bertz CT molecular complexity index is 1750. The monoisotopic (exact) mass is 661 g/mol. The highest BCUT2D eigenvalue weighted by molar-refractivity contribution is 5.69. The fourth-order valence-electron chi connectivity index (χ4n) is 5.65. The van der Waals surface area contributed by atoms with Crippen LogP contribution in [0.3, 0.4) is 0 Å². The zero-order valence-electron chi connectivity index (χ0n) is 26.2. The Morgan fingerprint density at radius 2 is 1.79 bits per heavy atom. The number of hydrogen-bond acceptors (Lipinski definition) is 6. The van der Waals surface area contributed by atoms with Crippen molar-refractivity contribution in [2.24, 2.45) is 0 Å². The van der Waals surface area contributed by atoms with E-state index in [1.807, 2.05) is 0 Å². The van der Waals surface area contributed by atoms with Crippen molar-refractivity contribution in [2.75, 3.05) is 20.3 Å². The minimum Gasteiger partial charge on any atom is -0.466 e. The van der Waals surface area contributed by atoms with Gasteiger partial charge in [-0.05, 0) is 50.6 Å². The van der Waals surface area contributed by atoms with Crippen LogP contribution in [0.5, 0.6) is 0 Å². The molecule has 0 spiro atoms. The molecule has 0 saturated heterocycles. The molecule has 2 unspecified atom stereocenters. The average molecular weight is 662 g/mol. The third kappa shape index (κ3) is 7.96. The molecular formula is C34H36F5N3O5. The molecule has 1 heterocycles. The standard InChI is InChI=1S/C34H36F5N3O5/c1-4-47-29(43)17-11-19-40-28(23-12-6-5-7-13-23)21-42-31(44)30(26-14-8-9-18-33(26,36)46-3)22(2)41(32(42)45)20-24-25(34(37,38)39)15-10-16-27(24)35/h5-10,12-16,18,26,28,40H,4,11,17,19-21H2,1-3H3/t26?,28-,33?/m0/s1. The smallest absolute Gasteiger partial charge is 0.416 e.